The number of pyridine rings is 1. The maximum atomic E-state index is 13.0. The zero-order chi connectivity index (χ0) is 12.3. The van der Waals surface area contributed by atoms with Crippen LogP contribution in [-0.4, -0.2) is 17.1 Å². The summed E-state index contributed by atoms with van der Waals surface area (Å²) in [5.74, 6) is 0.182. The lowest BCUT2D eigenvalue weighted by Crippen LogP contribution is -2.19. The van der Waals surface area contributed by atoms with Gasteiger partial charge in [-0.15, -0.1) is 0 Å². The largest absolute Gasteiger partial charge is 0.392 e. The SMILES string of the molecule is CN(Cc1ccsc1)c1ncc(F)cc1CO. The van der Waals surface area contributed by atoms with E-state index in [0.29, 0.717) is 17.9 Å². The first-order valence-electron chi connectivity index (χ1n) is 5.18. The number of halogens is 1. The Bertz CT molecular complexity index is 487. The third-order valence-corrected chi connectivity index (χ3v) is 3.17. The van der Waals surface area contributed by atoms with E-state index in [0.717, 1.165) is 0 Å². The van der Waals surface area contributed by atoms with Gasteiger partial charge < -0.3 is 10.0 Å². The zero-order valence-electron chi connectivity index (χ0n) is 9.43. The van der Waals surface area contributed by atoms with Crippen LogP contribution in [0.3, 0.4) is 0 Å². The van der Waals surface area contributed by atoms with Gasteiger partial charge in [0.25, 0.3) is 0 Å². The molecule has 0 spiro atoms. The van der Waals surface area contributed by atoms with Crippen molar-refractivity contribution < 1.29 is 9.50 Å². The van der Waals surface area contributed by atoms with Crippen molar-refractivity contribution in [3.63, 3.8) is 0 Å². The van der Waals surface area contributed by atoms with Crippen LogP contribution in [0.15, 0.2) is 29.1 Å². The Kier molecular flexibility index (Phi) is 3.71. The van der Waals surface area contributed by atoms with Crippen LogP contribution in [0.2, 0.25) is 0 Å². The molecule has 0 atom stereocenters. The standard InChI is InChI=1S/C12H13FN2OS/c1-15(6-9-2-3-17-8-9)12-10(7-16)4-11(13)5-14-12/h2-5,8,16H,6-7H2,1H3. The Labute approximate surface area is 103 Å². The van der Waals surface area contributed by atoms with Gasteiger partial charge >= 0.3 is 0 Å². The quantitative estimate of drug-likeness (QED) is 0.907. The molecule has 0 aliphatic rings. The van der Waals surface area contributed by atoms with Gasteiger partial charge in [-0.25, -0.2) is 9.37 Å². The van der Waals surface area contributed by atoms with Gasteiger partial charge in [-0.05, 0) is 28.5 Å². The van der Waals surface area contributed by atoms with Crippen molar-refractivity contribution in [1.29, 1.82) is 0 Å². The second kappa shape index (κ2) is 5.25. The van der Waals surface area contributed by atoms with E-state index < -0.39 is 5.82 Å². The number of thiophene rings is 1. The van der Waals surface area contributed by atoms with Crippen LogP contribution in [0.5, 0.6) is 0 Å². The van der Waals surface area contributed by atoms with E-state index in [1.807, 2.05) is 23.4 Å². The molecular weight excluding hydrogens is 239 g/mol. The highest BCUT2D eigenvalue weighted by atomic mass is 32.1. The van der Waals surface area contributed by atoms with Gasteiger partial charge in [0.05, 0.1) is 12.8 Å². The minimum Gasteiger partial charge on any atom is -0.392 e. The Hall–Kier alpha value is -1.46. The van der Waals surface area contributed by atoms with Gasteiger partial charge in [0.1, 0.15) is 11.6 Å². The molecule has 0 saturated carbocycles. The molecule has 2 rings (SSSR count). The lowest BCUT2D eigenvalue weighted by atomic mass is 10.2. The van der Waals surface area contributed by atoms with Crippen LogP contribution in [-0.2, 0) is 13.2 Å². The summed E-state index contributed by atoms with van der Waals surface area (Å²) in [7, 11) is 1.87. The van der Waals surface area contributed by atoms with E-state index in [1.54, 1.807) is 11.3 Å². The van der Waals surface area contributed by atoms with Crippen molar-refractivity contribution >= 4 is 17.2 Å². The lowest BCUT2D eigenvalue weighted by Gasteiger charge is -2.20. The Morgan fingerprint density at radius 3 is 3.00 bits per heavy atom. The molecule has 17 heavy (non-hydrogen) atoms. The predicted molar refractivity (Wildman–Crippen MR) is 66.5 cm³/mol. The lowest BCUT2D eigenvalue weighted by molar-refractivity contribution is 0.281. The number of aromatic nitrogens is 1. The highest BCUT2D eigenvalue weighted by Gasteiger charge is 2.10. The number of anilines is 1. The van der Waals surface area contributed by atoms with Crippen molar-refractivity contribution in [3.05, 3.63) is 46.0 Å². The highest BCUT2D eigenvalue weighted by Crippen LogP contribution is 2.20. The average molecular weight is 252 g/mol. The van der Waals surface area contributed by atoms with Crippen molar-refractivity contribution in [1.82, 2.24) is 4.98 Å². The van der Waals surface area contributed by atoms with Crippen molar-refractivity contribution in [2.75, 3.05) is 11.9 Å². The molecule has 0 fully saturated rings. The van der Waals surface area contributed by atoms with Crippen molar-refractivity contribution in [3.8, 4) is 0 Å². The minimum absolute atomic E-state index is 0.214. The molecule has 0 aliphatic heterocycles. The van der Waals surface area contributed by atoms with Gasteiger partial charge in [-0.3, -0.25) is 0 Å². The first-order valence-corrected chi connectivity index (χ1v) is 6.12. The van der Waals surface area contributed by atoms with E-state index in [9.17, 15) is 9.50 Å². The van der Waals surface area contributed by atoms with E-state index in [2.05, 4.69) is 10.4 Å². The molecule has 90 valence electrons. The van der Waals surface area contributed by atoms with Gasteiger partial charge in [-0.1, -0.05) is 0 Å². The molecule has 0 bridgehead atoms. The number of aliphatic hydroxyl groups is 1. The summed E-state index contributed by atoms with van der Waals surface area (Å²) in [6, 6.07) is 3.34. The fourth-order valence-electron chi connectivity index (χ4n) is 1.67. The van der Waals surface area contributed by atoms with Crippen molar-refractivity contribution in [2.45, 2.75) is 13.2 Å². The van der Waals surface area contributed by atoms with Gasteiger partial charge in [0.15, 0.2) is 0 Å². The van der Waals surface area contributed by atoms with Gasteiger partial charge in [0, 0.05) is 19.2 Å². The first-order chi connectivity index (χ1) is 8.20. The number of hydrogen-bond donors (Lipinski definition) is 1. The zero-order valence-corrected chi connectivity index (χ0v) is 10.2. The summed E-state index contributed by atoms with van der Waals surface area (Å²) in [6.07, 6.45) is 1.17. The smallest absolute Gasteiger partial charge is 0.142 e. The van der Waals surface area contributed by atoms with E-state index in [1.165, 1.54) is 17.8 Å². The first kappa shape index (κ1) is 12.0. The van der Waals surface area contributed by atoms with Crippen LogP contribution in [0.25, 0.3) is 0 Å². The summed E-state index contributed by atoms with van der Waals surface area (Å²) >= 11 is 1.63. The monoisotopic (exact) mass is 252 g/mol. The maximum absolute atomic E-state index is 13.0. The number of nitrogens with zero attached hydrogens (tertiary/aromatic N) is 2. The van der Waals surface area contributed by atoms with Crippen LogP contribution in [0.1, 0.15) is 11.1 Å². The van der Waals surface area contributed by atoms with E-state index >= 15 is 0 Å². The maximum Gasteiger partial charge on any atom is 0.142 e. The molecule has 2 aromatic rings. The number of aliphatic hydroxyl groups excluding tert-OH is 1. The number of hydrogen-bond acceptors (Lipinski definition) is 4. The summed E-state index contributed by atoms with van der Waals surface area (Å²) < 4.78 is 13.0. The molecular formula is C12H13FN2OS. The molecule has 0 aromatic carbocycles. The fraction of sp³-hybridized carbons (Fsp3) is 0.250. The van der Waals surface area contributed by atoms with Gasteiger partial charge in [-0.2, -0.15) is 11.3 Å². The summed E-state index contributed by atoms with van der Waals surface area (Å²) in [5.41, 5.74) is 1.68. The molecule has 0 radical (unpaired) electrons. The molecule has 1 N–H and O–H groups in total. The fourth-order valence-corrected chi connectivity index (χ4v) is 2.33. The molecule has 0 saturated heterocycles. The average Bonchev–Trinajstić information content (AvgIpc) is 2.81. The molecule has 0 amide bonds. The Morgan fingerprint density at radius 2 is 2.35 bits per heavy atom. The van der Waals surface area contributed by atoms with Crippen LogP contribution >= 0.6 is 11.3 Å². The molecule has 0 aliphatic carbocycles. The van der Waals surface area contributed by atoms with E-state index in [-0.39, 0.29) is 6.61 Å². The molecule has 2 heterocycles. The van der Waals surface area contributed by atoms with E-state index in [4.69, 9.17) is 0 Å². The second-order valence-electron chi connectivity index (χ2n) is 3.78. The number of rotatable bonds is 4. The molecule has 3 nitrogen and oxygen atoms in total. The Morgan fingerprint density at radius 1 is 1.53 bits per heavy atom. The normalized spacial score (nSPS) is 10.5. The Balaban J connectivity index is 2.21. The highest BCUT2D eigenvalue weighted by molar-refractivity contribution is 7.07. The third-order valence-electron chi connectivity index (χ3n) is 2.44. The van der Waals surface area contributed by atoms with Crippen LogP contribution in [0.4, 0.5) is 10.2 Å². The molecule has 2 aromatic heterocycles. The summed E-state index contributed by atoms with van der Waals surface area (Å²) in [4.78, 5) is 5.92. The van der Waals surface area contributed by atoms with Crippen molar-refractivity contribution in [2.24, 2.45) is 0 Å². The predicted octanol–water partition coefficient (Wildman–Crippen LogP) is 2.41. The summed E-state index contributed by atoms with van der Waals surface area (Å²) in [6.45, 7) is 0.475. The van der Waals surface area contributed by atoms with Crippen LogP contribution in [0, 0.1) is 5.82 Å². The molecule has 5 heteroatoms. The molecule has 0 unspecified atom stereocenters. The van der Waals surface area contributed by atoms with Crippen LogP contribution < -0.4 is 4.90 Å². The minimum atomic E-state index is -0.429. The topological polar surface area (TPSA) is 36.4 Å². The summed E-state index contributed by atoms with van der Waals surface area (Å²) in [5, 5.41) is 13.2. The second-order valence-corrected chi connectivity index (χ2v) is 4.56. The van der Waals surface area contributed by atoms with Gasteiger partial charge in [0.2, 0.25) is 0 Å². The third kappa shape index (κ3) is 2.81.